The van der Waals surface area contributed by atoms with Crippen LogP contribution >= 0.6 is 0 Å². The molecule has 0 saturated carbocycles. The molecule has 0 aromatic rings. The standard InChI is InChI=1S/C13H26N2O2/c1-4-17-13(16)10-15-7-5-12(6-8-15)9-14-11(2)3/h11-12,14H,4-10H2,1-3H3. The highest BCUT2D eigenvalue weighted by Gasteiger charge is 2.20. The molecule has 0 bridgehead atoms. The fourth-order valence-corrected chi connectivity index (χ4v) is 2.14. The van der Waals surface area contributed by atoms with Gasteiger partial charge >= 0.3 is 5.97 Å². The molecule has 4 heteroatoms. The predicted octanol–water partition coefficient (Wildman–Crippen LogP) is 1.26. The van der Waals surface area contributed by atoms with Gasteiger partial charge in [0.25, 0.3) is 0 Å². The van der Waals surface area contributed by atoms with E-state index in [0.29, 0.717) is 19.2 Å². The van der Waals surface area contributed by atoms with Gasteiger partial charge in [0.05, 0.1) is 13.2 Å². The van der Waals surface area contributed by atoms with Crippen LogP contribution < -0.4 is 5.32 Å². The van der Waals surface area contributed by atoms with E-state index in [1.54, 1.807) is 0 Å². The van der Waals surface area contributed by atoms with Crippen molar-refractivity contribution in [3.05, 3.63) is 0 Å². The minimum Gasteiger partial charge on any atom is -0.465 e. The van der Waals surface area contributed by atoms with Crippen LogP contribution in [0.2, 0.25) is 0 Å². The molecule has 0 aromatic carbocycles. The number of likely N-dealkylation sites (tertiary alicyclic amines) is 1. The molecule has 1 heterocycles. The third-order valence-electron chi connectivity index (χ3n) is 3.18. The summed E-state index contributed by atoms with van der Waals surface area (Å²) >= 11 is 0. The summed E-state index contributed by atoms with van der Waals surface area (Å²) in [6.07, 6.45) is 2.36. The Bertz CT molecular complexity index is 223. The van der Waals surface area contributed by atoms with Crippen LogP contribution in [0.3, 0.4) is 0 Å². The van der Waals surface area contributed by atoms with Crippen LogP contribution in [0.5, 0.6) is 0 Å². The number of piperidine rings is 1. The van der Waals surface area contributed by atoms with Gasteiger partial charge in [0.2, 0.25) is 0 Å². The van der Waals surface area contributed by atoms with Crippen molar-refractivity contribution in [2.75, 3.05) is 32.8 Å². The third kappa shape index (κ3) is 6.03. The minimum atomic E-state index is -0.0914. The fourth-order valence-electron chi connectivity index (χ4n) is 2.14. The lowest BCUT2D eigenvalue weighted by Gasteiger charge is -2.31. The summed E-state index contributed by atoms with van der Waals surface area (Å²) in [6, 6.07) is 0.563. The summed E-state index contributed by atoms with van der Waals surface area (Å²) in [6.45, 7) is 10.3. The number of ether oxygens (including phenoxy) is 1. The van der Waals surface area contributed by atoms with Gasteiger partial charge in [0, 0.05) is 6.04 Å². The van der Waals surface area contributed by atoms with Crippen LogP contribution in [0.25, 0.3) is 0 Å². The molecule has 0 amide bonds. The molecule has 0 unspecified atom stereocenters. The number of rotatable bonds is 6. The summed E-state index contributed by atoms with van der Waals surface area (Å²) in [4.78, 5) is 13.5. The number of nitrogens with one attached hydrogen (secondary N) is 1. The van der Waals surface area contributed by atoms with Crippen LogP contribution in [0, 0.1) is 5.92 Å². The van der Waals surface area contributed by atoms with Crippen molar-refractivity contribution in [1.29, 1.82) is 0 Å². The molecule has 1 N–H and O–H groups in total. The Balaban J connectivity index is 2.15. The van der Waals surface area contributed by atoms with E-state index >= 15 is 0 Å². The quantitative estimate of drug-likeness (QED) is 0.712. The van der Waals surface area contributed by atoms with Gasteiger partial charge in [-0.25, -0.2) is 0 Å². The number of esters is 1. The van der Waals surface area contributed by atoms with E-state index < -0.39 is 0 Å². The van der Waals surface area contributed by atoms with Gasteiger partial charge in [-0.2, -0.15) is 0 Å². The van der Waals surface area contributed by atoms with Crippen LogP contribution in [0.15, 0.2) is 0 Å². The summed E-state index contributed by atoms with van der Waals surface area (Å²) in [5.74, 6) is 0.669. The maximum absolute atomic E-state index is 11.3. The monoisotopic (exact) mass is 242 g/mol. The normalized spacial score (nSPS) is 18.6. The molecular formula is C13H26N2O2. The first-order valence-electron chi connectivity index (χ1n) is 6.73. The Morgan fingerprint density at radius 2 is 2.06 bits per heavy atom. The van der Waals surface area contributed by atoms with Gasteiger partial charge in [-0.1, -0.05) is 13.8 Å². The summed E-state index contributed by atoms with van der Waals surface area (Å²) in [7, 11) is 0. The molecule has 1 saturated heterocycles. The zero-order chi connectivity index (χ0) is 12.7. The molecule has 1 aliphatic rings. The first kappa shape index (κ1) is 14.5. The lowest BCUT2D eigenvalue weighted by Crippen LogP contribution is -2.41. The Labute approximate surface area is 105 Å². The second kappa shape index (κ2) is 7.67. The molecule has 0 radical (unpaired) electrons. The van der Waals surface area contributed by atoms with Gasteiger partial charge in [0.15, 0.2) is 0 Å². The average Bonchev–Trinajstić information content (AvgIpc) is 2.28. The van der Waals surface area contributed by atoms with E-state index in [2.05, 4.69) is 24.1 Å². The molecule has 1 rings (SSSR count). The van der Waals surface area contributed by atoms with E-state index in [1.165, 1.54) is 12.8 Å². The molecular weight excluding hydrogens is 216 g/mol. The zero-order valence-electron chi connectivity index (χ0n) is 11.4. The van der Waals surface area contributed by atoms with Gasteiger partial charge < -0.3 is 10.1 Å². The number of nitrogens with zero attached hydrogens (tertiary/aromatic N) is 1. The largest absolute Gasteiger partial charge is 0.465 e. The summed E-state index contributed by atoms with van der Waals surface area (Å²) in [5.41, 5.74) is 0. The van der Waals surface area contributed by atoms with E-state index in [4.69, 9.17) is 4.74 Å². The highest BCUT2D eigenvalue weighted by Crippen LogP contribution is 2.16. The van der Waals surface area contributed by atoms with Crippen LogP contribution in [-0.4, -0.2) is 49.7 Å². The van der Waals surface area contributed by atoms with E-state index in [-0.39, 0.29) is 5.97 Å². The second-order valence-electron chi connectivity index (χ2n) is 5.09. The molecule has 1 aliphatic heterocycles. The van der Waals surface area contributed by atoms with E-state index in [0.717, 1.165) is 25.6 Å². The van der Waals surface area contributed by atoms with Crippen molar-refractivity contribution in [3.8, 4) is 0 Å². The number of hydrogen-bond donors (Lipinski definition) is 1. The molecule has 1 fully saturated rings. The predicted molar refractivity (Wildman–Crippen MR) is 68.9 cm³/mol. The maximum atomic E-state index is 11.3. The Kier molecular flexibility index (Phi) is 6.52. The SMILES string of the molecule is CCOC(=O)CN1CCC(CNC(C)C)CC1. The van der Waals surface area contributed by atoms with Crippen molar-refractivity contribution in [1.82, 2.24) is 10.2 Å². The highest BCUT2D eigenvalue weighted by molar-refractivity contribution is 5.71. The molecule has 0 spiro atoms. The minimum absolute atomic E-state index is 0.0914. The molecule has 100 valence electrons. The van der Waals surface area contributed by atoms with Crippen molar-refractivity contribution in [2.45, 2.75) is 39.7 Å². The second-order valence-corrected chi connectivity index (χ2v) is 5.09. The van der Waals surface area contributed by atoms with Crippen molar-refractivity contribution in [3.63, 3.8) is 0 Å². The lowest BCUT2D eigenvalue weighted by atomic mass is 9.96. The topological polar surface area (TPSA) is 41.6 Å². The van der Waals surface area contributed by atoms with E-state index in [9.17, 15) is 4.79 Å². The molecule has 17 heavy (non-hydrogen) atoms. The fraction of sp³-hybridized carbons (Fsp3) is 0.923. The molecule has 0 aliphatic carbocycles. The van der Waals surface area contributed by atoms with E-state index in [1.807, 2.05) is 6.92 Å². The van der Waals surface area contributed by atoms with Gasteiger partial charge in [0.1, 0.15) is 0 Å². The Morgan fingerprint density at radius 3 is 2.59 bits per heavy atom. The van der Waals surface area contributed by atoms with Crippen molar-refractivity contribution < 1.29 is 9.53 Å². The number of carbonyl (C=O) groups is 1. The number of carbonyl (C=O) groups excluding carboxylic acids is 1. The summed E-state index contributed by atoms with van der Waals surface area (Å²) < 4.78 is 4.96. The average molecular weight is 242 g/mol. The maximum Gasteiger partial charge on any atom is 0.320 e. The van der Waals surface area contributed by atoms with Crippen molar-refractivity contribution in [2.24, 2.45) is 5.92 Å². The molecule has 0 atom stereocenters. The van der Waals surface area contributed by atoms with Gasteiger partial charge in [-0.15, -0.1) is 0 Å². The first-order chi connectivity index (χ1) is 8.11. The van der Waals surface area contributed by atoms with Crippen LogP contribution in [0.4, 0.5) is 0 Å². The molecule has 4 nitrogen and oxygen atoms in total. The highest BCUT2D eigenvalue weighted by atomic mass is 16.5. The first-order valence-corrected chi connectivity index (χ1v) is 6.73. The van der Waals surface area contributed by atoms with Gasteiger partial charge in [-0.3, -0.25) is 9.69 Å². The lowest BCUT2D eigenvalue weighted by molar-refractivity contribution is -0.144. The molecule has 0 aromatic heterocycles. The van der Waals surface area contributed by atoms with Crippen LogP contribution in [0.1, 0.15) is 33.6 Å². The third-order valence-corrected chi connectivity index (χ3v) is 3.18. The zero-order valence-corrected chi connectivity index (χ0v) is 11.4. The summed E-state index contributed by atoms with van der Waals surface area (Å²) in [5, 5.41) is 3.48. The van der Waals surface area contributed by atoms with Crippen molar-refractivity contribution >= 4 is 5.97 Å². The van der Waals surface area contributed by atoms with Crippen LogP contribution in [-0.2, 0) is 9.53 Å². The van der Waals surface area contributed by atoms with Gasteiger partial charge in [-0.05, 0) is 45.3 Å². The Morgan fingerprint density at radius 1 is 1.41 bits per heavy atom. The smallest absolute Gasteiger partial charge is 0.320 e. The Hall–Kier alpha value is -0.610. The number of hydrogen-bond acceptors (Lipinski definition) is 4.